The van der Waals surface area contributed by atoms with Gasteiger partial charge >= 0.3 is 6.18 Å². The van der Waals surface area contributed by atoms with E-state index in [1.54, 1.807) is 6.07 Å². The molecule has 3 nitrogen and oxygen atoms in total. The molecule has 0 aliphatic carbocycles. The van der Waals surface area contributed by atoms with Gasteiger partial charge in [0.2, 0.25) is 0 Å². The zero-order valence-electron chi connectivity index (χ0n) is 10.6. The van der Waals surface area contributed by atoms with Crippen molar-refractivity contribution in [3.63, 3.8) is 0 Å². The summed E-state index contributed by atoms with van der Waals surface area (Å²) >= 11 is 0. The molecule has 0 amide bonds. The predicted molar refractivity (Wildman–Crippen MR) is 67.9 cm³/mol. The maximum atomic E-state index is 12.7. The Kier molecular flexibility index (Phi) is 3.89. The van der Waals surface area contributed by atoms with Crippen molar-refractivity contribution in [2.24, 2.45) is 5.92 Å². The van der Waals surface area contributed by atoms with Gasteiger partial charge in [-0.15, -0.1) is 0 Å². The number of hydrogen-bond donors (Lipinski definition) is 2. The number of nitrogens with two attached hydrogens (primary N) is 1. The van der Waals surface area contributed by atoms with Crippen LogP contribution < -0.4 is 11.1 Å². The van der Waals surface area contributed by atoms with Gasteiger partial charge in [-0.05, 0) is 31.5 Å². The summed E-state index contributed by atoms with van der Waals surface area (Å²) < 4.78 is 43.5. The Morgan fingerprint density at radius 2 is 2.16 bits per heavy atom. The molecular weight excluding hydrogens is 257 g/mol. The summed E-state index contributed by atoms with van der Waals surface area (Å²) in [6.45, 7) is 3.31. The summed E-state index contributed by atoms with van der Waals surface area (Å²) in [7, 11) is 0. The van der Waals surface area contributed by atoms with Crippen molar-refractivity contribution < 1.29 is 17.9 Å². The highest BCUT2D eigenvalue weighted by atomic mass is 19.4. The first-order chi connectivity index (χ1) is 8.88. The van der Waals surface area contributed by atoms with Gasteiger partial charge in [-0.25, -0.2) is 0 Å². The molecule has 0 radical (unpaired) electrons. The lowest BCUT2D eigenvalue weighted by molar-refractivity contribution is -0.136. The van der Waals surface area contributed by atoms with E-state index in [4.69, 9.17) is 10.5 Å². The van der Waals surface area contributed by atoms with Crippen molar-refractivity contribution in [2.75, 3.05) is 24.3 Å². The van der Waals surface area contributed by atoms with E-state index in [1.807, 2.05) is 6.92 Å². The number of benzene rings is 1. The van der Waals surface area contributed by atoms with Gasteiger partial charge in [-0.2, -0.15) is 13.2 Å². The predicted octanol–water partition coefficient (Wildman–Crippen LogP) is 3.12. The molecule has 0 aromatic heterocycles. The lowest BCUT2D eigenvalue weighted by Gasteiger charge is -2.21. The Morgan fingerprint density at radius 3 is 2.74 bits per heavy atom. The molecular formula is C13H17F3N2O. The molecule has 1 saturated heterocycles. The normalized spacial score (nSPS) is 21.4. The van der Waals surface area contributed by atoms with Crippen LogP contribution in [0.1, 0.15) is 18.9 Å². The van der Waals surface area contributed by atoms with Gasteiger partial charge in [-0.1, -0.05) is 0 Å². The van der Waals surface area contributed by atoms with E-state index in [9.17, 15) is 13.2 Å². The lowest BCUT2D eigenvalue weighted by atomic mass is 10.0. The van der Waals surface area contributed by atoms with Crippen LogP contribution in [0.25, 0.3) is 0 Å². The highest BCUT2D eigenvalue weighted by molar-refractivity contribution is 5.58. The molecule has 2 atom stereocenters. The largest absolute Gasteiger partial charge is 0.418 e. The van der Waals surface area contributed by atoms with Crippen LogP contribution in [0.15, 0.2) is 18.2 Å². The Labute approximate surface area is 109 Å². The van der Waals surface area contributed by atoms with Crippen LogP contribution >= 0.6 is 0 Å². The van der Waals surface area contributed by atoms with Gasteiger partial charge in [0.05, 0.1) is 12.2 Å². The van der Waals surface area contributed by atoms with E-state index < -0.39 is 11.7 Å². The molecule has 1 heterocycles. The summed E-state index contributed by atoms with van der Waals surface area (Å²) in [4.78, 5) is 0. The maximum Gasteiger partial charge on any atom is 0.418 e. The average Bonchev–Trinajstić information content (AvgIpc) is 2.83. The minimum absolute atomic E-state index is 0.0622. The topological polar surface area (TPSA) is 47.3 Å². The monoisotopic (exact) mass is 274 g/mol. The minimum Gasteiger partial charge on any atom is -0.398 e. The highest BCUT2D eigenvalue weighted by Gasteiger charge is 2.33. The number of nitrogen functional groups attached to an aromatic ring is 1. The third-order valence-corrected chi connectivity index (χ3v) is 3.43. The first-order valence-corrected chi connectivity index (χ1v) is 6.19. The average molecular weight is 274 g/mol. The van der Waals surface area contributed by atoms with Crippen LogP contribution in [-0.2, 0) is 10.9 Å². The van der Waals surface area contributed by atoms with Gasteiger partial charge in [0.1, 0.15) is 0 Å². The number of nitrogens with one attached hydrogen (secondary N) is 1. The fourth-order valence-corrected chi connectivity index (χ4v) is 2.22. The fraction of sp³-hybridized carbons (Fsp3) is 0.538. The number of rotatable bonds is 3. The van der Waals surface area contributed by atoms with Crippen molar-refractivity contribution in [2.45, 2.75) is 25.6 Å². The fourth-order valence-electron chi connectivity index (χ4n) is 2.22. The number of ether oxygens (including phenoxy) is 1. The van der Waals surface area contributed by atoms with Crippen LogP contribution in [0.2, 0.25) is 0 Å². The van der Waals surface area contributed by atoms with Gasteiger partial charge in [0.25, 0.3) is 0 Å². The van der Waals surface area contributed by atoms with Crippen LogP contribution in [0, 0.1) is 5.92 Å². The van der Waals surface area contributed by atoms with E-state index in [0.29, 0.717) is 24.8 Å². The van der Waals surface area contributed by atoms with Crippen LogP contribution in [0.3, 0.4) is 0 Å². The molecule has 3 N–H and O–H groups in total. The zero-order chi connectivity index (χ0) is 14.0. The van der Waals surface area contributed by atoms with E-state index in [-0.39, 0.29) is 11.7 Å². The molecule has 0 saturated carbocycles. The lowest BCUT2D eigenvalue weighted by Crippen LogP contribution is -2.26. The zero-order valence-corrected chi connectivity index (χ0v) is 10.6. The molecule has 1 aromatic carbocycles. The van der Waals surface area contributed by atoms with Gasteiger partial charge in [-0.3, -0.25) is 0 Å². The number of hydrogen-bond acceptors (Lipinski definition) is 3. The number of alkyl halides is 3. The Hall–Kier alpha value is -1.43. The first-order valence-electron chi connectivity index (χ1n) is 6.19. The smallest absolute Gasteiger partial charge is 0.398 e. The van der Waals surface area contributed by atoms with Gasteiger partial charge in [0.15, 0.2) is 0 Å². The molecule has 0 bridgehead atoms. The Morgan fingerprint density at radius 1 is 1.42 bits per heavy atom. The van der Waals surface area contributed by atoms with Crippen LogP contribution in [0.5, 0.6) is 0 Å². The summed E-state index contributed by atoms with van der Waals surface area (Å²) in [5.74, 6) is 0.326. The third kappa shape index (κ3) is 3.32. The minimum atomic E-state index is -4.43. The molecule has 106 valence electrons. The first kappa shape index (κ1) is 14.0. The van der Waals surface area contributed by atoms with Crippen LogP contribution in [0.4, 0.5) is 24.5 Å². The molecule has 1 fully saturated rings. The molecule has 19 heavy (non-hydrogen) atoms. The number of halogens is 3. The molecule has 2 rings (SSSR count). The second kappa shape index (κ2) is 5.28. The van der Waals surface area contributed by atoms with Gasteiger partial charge < -0.3 is 15.8 Å². The number of anilines is 2. The second-order valence-electron chi connectivity index (χ2n) is 4.86. The molecule has 0 spiro atoms. The molecule has 1 aliphatic heterocycles. The summed E-state index contributed by atoms with van der Waals surface area (Å²) in [6.07, 6.45) is -3.50. The summed E-state index contributed by atoms with van der Waals surface area (Å²) in [5.41, 5.74) is 4.74. The third-order valence-electron chi connectivity index (χ3n) is 3.43. The molecule has 1 aliphatic rings. The van der Waals surface area contributed by atoms with Crippen molar-refractivity contribution in [1.82, 2.24) is 0 Å². The quantitative estimate of drug-likeness (QED) is 0.832. The standard InChI is InChI=1S/C13H17F3N2O/c1-8(9-4-5-19-7-9)18-10-2-3-12(17)11(6-10)13(14,15)16/h2-3,6,8-9,18H,4-5,7,17H2,1H3. The highest BCUT2D eigenvalue weighted by Crippen LogP contribution is 2.35. The Balaban J connectivity index is 2.12. The van der Waals surface area contributed by atoms with Crippen molar-refractivity contribution in [3.05, 3.63) is 23.8 Å². The summed E-state index contributed by atoms with van der Waals surface area (Å²) in [5, 5.41) is 3.09. The molecule has 6 heteroatoms. The van der Waals surface area contributed by atoms with E-state index in [2.05, 4.69) is 5.32 Å². The Bertz CT molecular complexity index is 442. The second-order valence-corrected chi connectivity index (χ2v) is 4.86. The maximum absolute atomic E-state index is 12.7. The SMILES string of the molecule is CC(Nc1ccc(N)c(C(F)(F)F)c1)C1CCOC1. The van der Waals surface area contributed by atoms with E-state index in [1.165, 1.54) is 6.07 Å². The summed E-state index contributed by atoms with van der Waals surface area (Å²) in [6, 6.07) is 3.97. The molecule has 2 unspecified atom stereocenters. The van der Waals surface area contributed by atoms with Crippen molar-refractivity contribution in [1.29, 1.82) is 0 Å². The van der Waals surface area contributed by atoms with Crippen LogP contribution in [-0.4, -0.2) is 19.3 Å². The van der Waals surface area contributed by atoms with Crippen molar-refractivity contribution >= 4 is 11.4 Å². The van der Waals surface area contributed by atoms with E-state index >= 15 is 0 Å². The molecule has 1 aromatic rings. The van der Waals surface area contributed by atoms with E-state index in [0.717, 1.165) is 12.5 Å². The van der Waals surface area contributed by atoms with Gasteiger partial charge in [0, 0.05) is 29.9 Å². The van der Waals surface area contributed by atoms with Crippen molar-refractivity contribution in [3.8, 4) is 0 Å².